The Labute approximate surface area is 205 Å². The van der Waals surface area contributed by atoms with E-state index in [0.717, 1.165) is 47.5 Å². The number of hydrazine groups is 1. The molecule has 0 amide bonds. The van der Waals surface area contributed by atoms with Crippen LogP contribution >= 0.6 is 0 Å². The quantitative estimate of drug-likeness (QED) is 0.493. The fourth-order valence-corrected chi connectivity index (χ4v) is 5.08. The molecule has 0 aliphatic carbocycles. The van der Waals surface area contributed by atoms with Crippen LogP contribution < -0.4 is 10.3 Å². The predicted molar refractivity (Wildman–Crippen MR) is 123 cm³/mol. The number of hydrogen-bond acceptors (Lipinski definition) is 6. The summed E-state index contributed by atoms with van der Waals surface area (Å²) in [6, 6.07) is 5.48. The van der Waals surface area contributed by atoms with Gasteiger partial charge in [-0.3, -0.25) is 4.90 Å². The van der Waals surface area contributed by atoms with Crippen LogP contribution in [0.25, 0.3) is 0 Å². The van der Waals surface area contributed by atoms with E-state index in [0.29, 0.717) is 6.42 Å². The fraction of sp³-hybridized carbons (Fsp3) is 0.500. The molecule has 6 nitrogen and oxygen atoms in total. The number of fused-ring (bicyclic) bond motifs is 1. The molecule has 0 spiro atoms. The fourth-order valence-electron chi connectivity index (χ4n) is 5.08. The third kappa shape index (κ3) is 5.44. The molecule has 0 radical (unpaired) electrons. The Bertz CT molecular complexity index is 1110. The summed E-state index contributed by atoms with van der Waals surface area (Å²) < 4.78 is 81.1. The molecule has 12 heteroatoms. The maximum absolute atomic E-state index is 13.5. The Balaban J connectivity index is 1.83. The molecule has 36 heavy (non-hydrogen) atoms. The molecular weight excluding hydrogens is 486 g/mol. The van der Waals surface area contributed by atoms with Crippen LogP contribution in [0.4, 0.5) is 32.0 Å². The lowest BCUT2D eigenvalue weighted by atomic mass is 9.94. The highest BCUT2D eigenvalue weighted by molar-refractivity contribution is 5.62. The minimum Gasteiger partial charge on any atom is -0.374 e. The lowest BCUT2D eigenvalue weighted by molar-refractivity contribution is -0.143. The summed E-state index contributed by atoms with van der Waals surface area (Å²) in [4.78, 5) is 3.93. The van der Waals surface area contributed by atoms with Crippen molar-refractivity contribution in [1.82, 2.24) is 15.4 Å². The molecule has 1 N–H and O–H groups in total. The van der Waals surface area contributed by atoms with Gasteiger partial charge in [0.25, 0.3) is 0 Å². The molecule has 2 aliphatic rings. The third-order valence-corrected chi connectivity index (χ3v) is 6.51. The first-order valence-corrected chi connectivity index (χ1v) is 11.5. The van der Waals surface area contributed by atoms with Gasteiger partial charge in [0.15, 0.2) is 6.29 Å². The van der Waals surface area contributed by atoms with Gasteiger partial charge in [-0.15, -0.1) is 5.11 Å². The third-order valence-electron chi connectivity index (χ3n) is 6.51. The largest absolute Gasteiger partial charge is 0.416 e. The second-order valence-corrected chi connectivity index (χ2v) is 9.42. The summed E-state index contributed by atoms with van der Waals surface area (Å²) in [5, 5.41) is 9.53. The summed E-state index contributed by atoms with van der Waals surface area (Å²) in [5.41, 5.74) is 4.29. The van der Waals surface area contributed by atoms with Crippen LogP contribution in [0.15, 0.2) is 40.7 Å². The lowest BCUT2D eigenvalue weighted by Crippen LogP contribution is -2.46. The maximum atomic E-state index is 13.5. The minimum absolute atomic E-state index is 0.104. The van der Waals surface area contributed by atoms with E-state index >= 15 is 0 Å². The number of anilines is 1. The zero-order valence-electron chi connectivity index (χ0n) is 20.4. The number of halogens is 6. The smallest absolute Gasteiger partial charge is 0.374 e. The van der Waals surface area contributed by atoms with E-state index in [4.69, 9.17) is 0 Å². The molecule has 0 aromatic heterocycles. The second kappa shape index (κ2) is 9.55. The van der Waals surface area contributed by atoms with Gasteiger partial charge in [-0.05, 0) is 61.6 Å². The topological polar surface area (TPSA) is 46.5 Å². The van der Waals surface area contributed by atoms with Crippen molar-refractivity contribution in [3.63, 3.8) is 0 Å². The average molecular weight is 515 g/mol. The summed E-state index contributed by atoms with van der Waals surface area (Å²) in [7, 11) is 3.61. The number of hydrogen-bond donors (Lipinski definition) is 1. The van der Waals surface area contributed by atoms with Crippen molar-refractivity contribution in [2.45, 2.75) is 57.9 Å². The Morgan fingerprint density at radius 1 is 0.972 bits per heavy atom. The summed E-state index contributed by atoms with van der Waals surface area (Å²) in [6.45, 7) is 4.53. The number of alkyl halides is 6. The van der Waals surface area contributed by atoms with Crippen LogP contribution in [0.2, 0.25) is 0 Å². The normalized spacial score (nSPS) is 20.8. The Morgan fingerprint density at radius 3 is 2.17 bits per heavy atom. The van der Waals surface area contributed by atoms with Crippen molar-refractivity contribution in [2.24, 2.45) is 10.3 Å². The zero-order chi connectivity index (χ0) is 26.4. The predicted octanol–water partition coefficient (Wildman–Crippen LogP) is 6.22. The summed E-state index contributed by atoms with van der Waals surface area (Å²) >= 11 is 0. The zero-order valence-corrected chi connectivity index (χ0v) is 20.4. The SMILES string of the molecule is Cc1cc(C)c2c(c1)C(N(Cc1cc(C(F)(F)F)cc(C(F)(F)F)c1)C1N=NN(C)N1)CCCN2C. The van der Waals surface area contributed by atoms with Crippen molar-refractivity contribution in [2.75, 3.05) is 25.5 Å². The highest BCUT2D eigenvalue weighted by Gasteiger charge is 2.39. The van der Waals surface area contributed by atoms with Crippen molar-refractivity contribution < 1.29 is 26.3 Å². The average Bonchev–Trinajstić information content (AvgIpc) is 3.12. The first-order chi connectivity index (χ1) is 16.7. The van der Waals surface area contributed by atoms with Gasteiger partial charge >= 0.3 is 12.4 Å². The summed E-state index contributed by atoms with van der Waals surface area (Å²) in [6.07, 6.45) is -9.18. The number of benzene rings is 2. The van der Waals surface area contributed by atoms with Gasteiger partial charge in [0.1, 0.15) is 0 Å². The Hall–Kier alpha value is -2.86. The van der Waals surface area contributed by atoms with Gasteiger partial charge in [-0.1, -0.05) is 22.9 Å². The number of aryl methyl sites for hydroxylation is 2. The van der Waals surface area contributed by atoms with Crippen molar-refractivity contribution >= 4 is 5.69 Å². The van der Waals surface area contributed by atoms with Crippen LogP contribution in [0.5, 0.6) is 0 Å². The lowest BCUT2D eigenvalue weighted by Gasteiger charge is -2.36. The van der Waals surface area contributed by atoms with Gasteiger partial charge in [0, 0.05) is 38.9 Å². The van der Waals surface area contributed by atoms with Gasteiger partial charge < -0.3 is 4.90 Å². The van der Waals surface area contributed by atoms with Crippen LogP contribution in [0.1, 0.15) is 52.3 Å². The molecule has 2 aromatic rings. The molecule has 4 rings (SSSR count). The van der Waals surface area contributed by atoms with Crippen molar-refractivity contribution in [1.29, 1.82) is 0 Å². The van der Waals surface area contributed by atoms with Gasteiger partial charge in [0.2, 0.25) is 0 Å². The van der Waals surface area contributed by atoms with Crippen LogP contribution in [0, 0.1) is 13.8 Å². The van der Waals surface area contributed by atoms with Crippen LogP contribution in [-0.4, -0.2) is 36.9 Å². The molecular formula is C24H28F6N6. The number of nitrogens with one attached hydrogen (secondary N) is 1. The molecule has 2 aliphatic heterocycles. The minimum atomic E-state index is -4.92. The molecule has 196 valence electrons. The van der Waals surface area contributed by atoms with E-state index in [2.05, 4.69) is 26.7 Å². The Morgan fingerprint density at radius 2 is 1.61 bits per heavy atom. The monoisotopic (exact) mass is 514 g/mol. The highest BCUT2D eigenvalue weighted by Crippen LogP contribution is 2.42. The standard InChI is InChI=1S/C24H28F6N6/c1-14-8-15(2)21-19(9-14)20(6-5-7-34(21)3)36(22-31-33-35(4)32-22)13-16-10-17(23(25,26)27)12-18(11-16)24(28,29)30/h8-12,20,22,32H,5-7,13H2,1-4H3. The van der Waals surface area contributed by atoms with E-state index in [1.807, 2.05) is 27.0 Å². The van der Waals surface area contributed by atoms with Gasteiger partial charge in [0.05, 0.1) is 11.1 Å². The molecule has 2 atom stereocenters. The highest BCUT2D eigenvalue weighted by atomic mass is 19.4. The molecule has 0 saturated heterocycles. The van der Waals surface area contributed by atoms with Gasteiger partial charge in [-0.2, -0.15) is 31.8 Å². The molecule has 2 unspecified atom stereocenters. The van der Waals surface area contributed by atoms with E-state index in [1.54, 1.807) is 11.9 Å². The van der Waals surface area contributed by atoms with Gasteiger partial charge in [-0.25, -0.2) is 5.12 Å². The second-order valence-electron chi connectivity index (χ2n) is 9.42. The molecule has 2 heterocycles. The van der Waals surface area contributed by atoms with Crippen LogP contribution in [0.3, 0.4) is 0 Å². The molecule has 0 bridgehead atoms. The van der Waals surface area contributed by atoms with E-state index in [-0.39, 0.29) is 24.2 Å². The maximum Gasteiger partial charge on any atom is 0.416 e. The van der Waals surface area contributed by atoms with Crippen molar-refractivity contribution in [3.05, 3.63) is 63.7 Å². The molecule has 0 saturated carbocycles. The van der Waals surface area contributed by atoms with Crippen molar-refractivity contribution in [3.8, 4) is 0 Å². The Kier molecular flexibility index (Phi) is 6.95. The summed E-state index contributed by atoms with van der Waals surface area (Å²) in [5.74, 6) is 0. The van der Waals surface area contributed by atoms with E-state index < -0.39 is 29.8 Å². The number of rotatable bonds is 4. The molecule has 0 fully saturated rings. The first-order valence-electron chi connectivity index (χ1n) is 11.5. The van der Waals surface area contributed by atoms with E-state index in [9.17, 15) is 26.3 Å². The first kappa shape index (κ1) is 26.2. The number of nitrogens with zero attached hydrogens (tertiary/aromatic N) is 5. The molecule has 2 aromatic carbocycles. The van der Waals surface area contributed by atoms with Crippen LogP contribution in [-0.2, 0) is 18.9 Å². The van der Waals surface area contributed by atoms with E-state index in [1.165, 1.54) is 5.12 Å².